The lowest BCUT2D eigenvalue weighted by Crippen LogP contribution is -2.19. The van der Waals surface area contributed by atoms with Crippen LogP contribution in [0.2, 0.25) is 0 Å². The molecule has 0 spiro atoms. The minimum absolute atomic E-state index is 0.0974. The van der Waals surface area contributed by atoms with Crippen LogP contribution in [0.3, 0.4) is 0 Å². The molecule has 6 nitrogen and oxygen atoms in total. The molecule has 6 heteroatoms. The van der Waals surface area contributed by atoms with Gasteiger partial charge >= 0.3 is 0 Å². The third-order valence-electron chi connectivity index (χ3n) is 5.38. The normalized spacial score (nSPS) is 10.8. The van der Waals surface area contributed by atoms with Crippen molar-refractivity contribution in [2.45, 2.75) is 13.8 Å². The SMILES string of the molecule is COc1ccc(C(=O)Nc2ccc(C)c(-c3cc4cnc(C)cc4n(C)c3=O)c2)cc1. The second-order valence-electron chi connectivity index (χ2n) is 7.52. The first kappa shape index (κ1) is 20.3. The van der Waals surface area contributed by atoms with Crippen molar-refractivity contribution in [1.82, 2.24) is 9.55 Å². The quantitative estimate of drug-likeness (QED) is 0.535. The summed E-state index contributed by atoms with van der Waals surface area (Å²) in [4.78, 5) is 30.1. The lowest BCUT2D eigenvalue weighted by atomic mass is 9.99. The van der Waals surface area contributed by atoms with Gasteiger partial charge in [0.1, 0.15) is 5.75 Å². The van der Waals surface area contributed by atoms with Crippen LogP contribution in [0.5, 0.6) is 5.75 Å². The molecule has 4 rings (SSSR count). The second-order valence-corrected chi connectivity index (χ2v) is 7.52. The standard InChI is InChI=1S/C25H23N3O3/c1-15-5-8-19(27-24(29)17-6-9-20(31-4)10-7-17)13-21(15)22-12-18-14-26-16(2)11-23(18)28(3)25(22)30/h5-14H,1-4H3,(H,27,29). The Labute approximate surface area is 180 Å². The molecule has 156 valence electrons. The lowest BCUT2D eigenvalue weighted by Gasteiger charge is -2.13. The molecule has 2 heterocycles. The molecule has 4 aromatic rings. The molecule has 31 heavy (non-hydrogen) atoms. The molecule has 0 radical (unpaired) electrons. The highest BCUT2D eigenvalue weighted by atomic mass is 16.5. The summed E-state index contributed by atoms with van der Waals surface area (Å²) >= 11 is 0. The van der Waals surface area contributed by atoms with Crippen LogP contribution in [0.4, 0.5) is 5.69 Å². The number of fused-ring (bicyclic) bond motifs is 1. The summed E-state index contributed by atoms with van der Waals surface area (Å²) in [6, 6.07) is 16.2. The van der Waals surface area contributed by atoms with Gasteiger partial charge in [-0.2, -0.15) is 0 Å². The Bertz CT molecular complexity index is 1360. The van der Waals surface area contributed by atoms with E-state index < -0.39 is 0 Å². The number of carbonyl (C=O) groups excluding carboxylic acids is 1. The number of nitrogens with one attached hydrogen (secondary N) is 1. The zero-order valence-electron chi connectivity index (χ0n) is 17.9. The van der Waals surface area contributed by atoms with E-state index in [1.54, 1.807) is 49.2 Å². The predicted molar refractivity (Wildman–Crippen MR) is 123 cm³/mol. The number of rotatable bonds is 4. The number of aromatic nitrogens is 2. The first-order chi connectivity index (χ1) is 14.9. The number of nitrogens with zero attached hydrogens (tertiary/aromatic N) is 2. The number of methoxy groups -OCH3 is 1. The van der Waals surface area contributed by atoms with E-state index in [0.29, 0.717) is 22.6 Å². The predicted octanol–water partition coefficient (Wildman–Crippen LogP) is 4.48. The molecule has 0 aliphatic heterocycles. The summed E-state index contributed by atoms with van der Waals surface area (Å²) in [7, 11) is 3.34. The largest absolute Gasteiger partial charge is 0.497 e. The van der Waals surface area contributed by atoms with Gasteiger partial charge in [-0.25, -0.2) is 0 Å². The summed E-state index contributed by atoms with van der Waals surface area (Å²) in [5.41, 5.74) is 5.02. The monoisotopic (exact) mass is 413 g/mol. The third-order valence-corrected chi connectivity index (χ3v) is 5.38. The van der Waals surface area contributed by atoms with Gasteiger partial charge in [-0.05, 0) is 73.5 Å². The van der Waals surface area contributed by atoms with Crippen molar-refractivity contribution < 1.29 is 9.53 Å². The van der Waals surface area contributed by atoms with Gasteiger partial charge in [-0.15, -0.1) is 0 Å². The van der Waals surface area contributed by atoms with Crippen LogP contribution in [-0.2, 0) is 7.05 Å². The van der Waals surface area contributed by atoms with E-state index in [4.69, 9.17) is 4.74 Å². The summed E-state index contributed by atoms with van der Waals surface area (Å²) in [6.07, 6.45) is 1.78. The summed E-state index contributed by atoms with van der Waals surface area (Å²) in [5.74, 6) is 0.453. The highest BCUT2D eigenvalue weighted by Gasteiger charge is 2.14. The molecule has 0 saturated carbocycles. The van der Waals surface area contributed by atoms with Crippen LogP contribution in [0.1, 0.15) is 21.6 Å². The van der Waals surface area contributed by atoms with Gasteiger partial charge in [-0.1, -0.05) is 6.07 Å². The molecule has 0 saturated heterocycles. The van der Waals surface area contributed by atoms with E-state index in [9.17, 15) is 9.59 Å². The maximum absolute atomic E-state index is 13.1. The molecule has 0 aliphatic carbocycles. The van der Waals surface area contributed by atoms with Crippen molar-refractivity contribution >= 4 is 22.5 Å². The number of pyridine rings is 2. The van der Waals surface area contributed by atoms with E-state index in [0.717, 1.165) is 27.7 Å². The number of benzene rings is 2. The maximum atomic E-state index is 13.1. The minimum Gasteiger partial charge on any atom is -0.497 e. The van der Waals surface area contributed by atoms with E-state index in [2.05, 4.69) is 10.3 Å². The van der Waals surface area contributed by atoms with Crippen molar-refractivity contribution in [3.63, 3.8) is 0 Å². The number of hydrogen-bond donors (Lipinski definition) is 1. The average molecular weight is 413 g/mol. The fourth-order valence-corrected chi connectivity index (χ4v) is 3.59. The van der Waals surface area contributed by atoms with Crippen LogP contribution in [-0.4, -0.2) is 22.6 Å². The van der Waals surface area contributed by atoms with Crippen LogP contribution >= 0.6 is 0 Å². The molecule has 0 atom stereocenters. The lowest BCUT2D eigenvalue weighted by molar-refractivity contribution is 0.102. The Hall–Kier alpha value is -3.93. The number of aryl methyl sites for hydroxylation is 3. The average Bonchev–Trinajstić information content (AvgIpc) is 2.78. The third kappa shape index (κ3) is 3.92. The van der Waals surface area contributed by atoms with E-state index >= 15 is 0 Å². The summed E-state index contributed by atoms with van der Waals surface area (Å²) < 4.78 is 6.78. The zero-order chi connectivity index (χ0) is 22.1. The van der Waals surface area contributed by atoms with Gasteiger partial charge in [0.05, 0.1) is 12.6 Å². The van der Waals surface area contributed by atoms with Crippen molar-refractivity contribution in [2.24, 2.45) is 7.05 Å². The van der Waals surface area contributed by atoms with E-state index in [1.807, 2.05) is 44.2 Å². The first-order valence-corrected chi connectivity index (χ1v) is 9.90. The molecule has 0 aliphatic rings. The first-order valence-electron chi connectivity index (χ1n) is 9.90. The molecule has 0 bridgehead atoms. The Morgan fingerprint density at radius 1 is 1.00 bits per heavy atom. The fourth-order valence-electron chi connectivity index (χ4n) is 3.59. The molecule has 0 unspecified atom stereocenters. The summed E-state index contributed by atoms with van der Waals surface area (Å²) in [6.45, 7) is 3.85. The van der Waals surface area contributed by atoms with E-state index in [-0.39, 0.29) is 11.5 Å². The fraction of sp³-hybridized carbons (Fsp3) is 0.160. The molecule has 1 N–H and O–H groups in total. The Morgan fingerprint density at radius 2 is 1.74 bits per heavy atom. The van der Waals surface area contributed by atoms with Crippen molar-refractivity contribution in [1.29, 1.82) is 0 Å². The highest BCUT2D eigenvalue weighted by Crippen LogP contribution is 2.27. The molecular weight excluding hydrogens is 390 g/mol. The van der Waals surface area contributed by atoms with E-state index in [1.165, 1.54) is 0 Å². The maximum Gasteiger partial charge on any atom is 0.258 e. The minimum atomic E-state index is -0.233. The smallest absolute Gasteiger partial charge is 0.258 e. The molecule has 2 aromatic carbocycles. The highest BCUT2D eigenvalue weighted by molar-refractivity contribution is 6.04. The number of carbonyl (C=O) groups is 1. The second kappa shape index (κ2) is 8.07. The van der Waals surface area contributed by atoms with Gasteiger partial charge in [-0.3, -0.25) is 14.6 Å². The Morgan fingerprint density at radius 3 is 2.45 bits per heavy atom. The molecular formula is C25H23N3O3. The number of ether oxygens (including phenoxy) is 1. The van der Waals surface area contributed by atoms with Gasteiger partial charge < -0.3 is 14.6 Å². The number of hydrogen-bond acceptors (Lipinski definition) is 4. The van der Waals surface area contributed by atoms with Gasteiger partial charge in [0.15, 0.2) is 0 Å². The summed E-state index contributed by atoms with van der Waals surface area (Å²) in [5, 5.41) is 3.79. The van der Waals surface area contributed by atoms with Crippen LogP contribution in [0.15, 0.2) is 65.6 Å². The van der Waals surface area contributed by atoms with Gasteiger partial charge in [0.2, 0.25) is 0 Å². The van der Waals surface area contributed by atoms with Crippen molar-refractivity contribution in [2.75, 3.05) is 12.4 Å². The number of anilines is 1. The Kier molecular flexibility index (Phi) is 5.29. The number of amides is 1. The van der Waals surface area contributed by atoms with Crippen LogP contribution in [0.25, 0.3) is 22.0 Å². The van der Waals surface area contributed by atoms with Crippen LogP contribution in [0, 0.1) is 13.8 Å². The Balaban J connectivity index is 1.73. The molecule has 1 amide bonds. The topological polar surface area (TPSA) is 73.2 Å². The van der Waals surface area contributed by atoms with Gasteiger partial charge in [0, 0.05) is 41.1 Å². The van der Waals surface area contributed by atoms with Crippen molar-refractivity contribution in [3.8, 4) is 16.9 Å². The zero-order valence-corrected chi connectivity index (χ0v) is 17.9. The molecule has 2 aromatic heterocycles. The van der Waals surface area contributed by atoms with Crippen LogP contribution < -0.4 is 15.6 Å². The van der Waals surface area contributed by atoms with Crippen molar-refractivity contribution in [3.05, 3.63) is 88.0 Å². The molecule has 0 fully saturated rings. The van der Waals surface area contributed by atoms with Gasteiger partial charge in [0.25, 0.3) is 11.5 Å².